The zero-order valence-corrected chi connectivity index (χ0v) is 18.1. The van der Waals surface area contributed by atoms with Gasteiger partial charge in [-0.05, 0) is 69.5 Å². The van der Waals surface area contributed by atoms with Crippen LogP contribution in [0.4, 0.5) is 10.2 Å². The lowest BCUT2D eigenvalue weighted by Gasteiger charge is -2.34. The van der Waals surface area contributed by atoms with Gasteiger partial charge in [0.1, 0.15) is 23.5 Å². The fourth-order valence-corrected chi connectivity index (χ4v) is 3.42. The number of nitrogens with one attached hydrogen (secondary N) is 2. The minimum absolute atomic E-state index is 0.111. The molecule has 1 aromatic heterocycles. The van der Waals surface area contributed by atoms with Gasteiger partial charge in [-0.25, -0.2) is 14.4 Å². The quantitative estimate of drug-likeness (QED) is 0.537. The van der Waals surface area contributed by atoms with Crippen LogP contribution in [0.5, 0.6) is 5.75 Å². The van der Waals surface area contributed by atoms with E-state index in [4.69, 9.17) is 4.74 Å². The average Bonchev–Trinajstić information content (AvgIpc) is 2.75. The number of hydrogen-bond donors (Lipinski definition) is 2. The van der Waals surface area contributed by atoms with Gasteiger partial charge in [-0.15, -0.1) is 0 Å². The molecule has 1 saturated heterocycles. The topological polar surface area (TPSA) is 61.8 Å². The highest BCUT2D eigenvalue weighted by Gasteiger charge is 2.21. The van der Waals surface area contributed by atoms with E-state index in [0.717, 1.165) is 44.3 Å². The van der Waals surface area contributed by atoms with Crippen LogP contribution in [0.3, 0.4) is 0 Å². The van der Waals surface area contributed by atoms with Crippen LogP contribution in [0.15, 0.2) is 47.6 Å². The van der Waals surface area contributed by atoms with E-state index < -0.39 is 0 Å². The minimum Gasteiger partial charge on any atom is -0.489 e. The number of rotatable bonds is 7. The van der Waals surface area contributed by atoms with Crippen LogP contribution >= 0.6 is 0 Å². The van der Waals surface area contributed by atoms with Crippen molar-refractivity contribution in [3.8, 4) is 5.75 Å². The van der Waals surface area contributed by atoms with Gasteiger partial charge in [0.05, 0.1) is 6.54 Å². The molecule has 2 N–H and O–H groups in total. The summed E-state index contributed by atoms with van der Waals surface area (Å²) in [5.74, 6) is 2.23. The average molecular weight is 414 g/mol. The highest BCUT2D eigenvalue weighted by atomic mass is 19.1. The Balaban J connectivity index is 1.48. The number of guanidine groups is 1. The molecular formula is C23H32FN5O. The second kappa shape index (κ2) is 10.8. The van der Waals surface area contributed by atoms with Gasteiger partial charge >= 0.3 is 0 Å². The van der Waals surface area contributed by atoms with E-state index >= 15 is 0 Å². The van der Waals surface area contributed by atoms with E-state index in [1.165, 1.54) is 17.7 Å². The van der Waals surface area contributed by atoms with Gasteiger partial charge in [0.15, 0.2) is 5.96 Å². The Labute approximate surface area is 178 Å². The zero-order chi connectivity index (χ0) is 21.3. The Hall–Kier alpha value is -2.83. The third-order valence-electron chi connectivity index (χ3n) is 5.06. The Morgan fingerprint density at radius 1 is 1.23 bits per heavy atom. The zero-order valence-electron chi connectivity index (χ0n) is 18.1. The van der Waals surface area contributed by atoms with E-state index in [0.29, 0.717) is 18.3 Å². The number of benzene rings is 1. The van der Waals surface area contributed by atoms with Crippen LogP contribution in [-0.2, 0) is 0 Å². The van der Waals surface area contributed by atoms with Crippen molar-refractivity contribution < 1.29 is 9.13 Å². The fourth-order valence-electron chi connectivity index (χ4n) is 3.42. The molecule has 0 spiro atoms. The van der Waals surface area contributed by atoms with Gasteiger partial charge in [0, 0.05) is 31.9 Å². The molecular weight excluding hydrogens is 381 g/mol. The normalized spacial score (nSPS) is 16.3. The second-order valence-corrected chi connectivity index (χ2v) is 7.70. The predicted molar refractivity (Wildman–Crippen MR) is 120 cm³/mol. The highest BCUT2D eigenvalue weighted by Crippen LogP contribution is 2.18. The van der Waals surface area contributed by atoms with Gasteiger partial charge in [0.25, 0.3) is 0 Å². The summed E-state index contributed by atoms with van der Waals surface area (Å²) < 4.78 is 18.8. The molecule has 3 rings (SSSR count). The second-order valence-electron chi connectivity index (χ2n) is 7.70. The van der Waals surface area contributed by atoms with Gasteiger partial charge in [-0.3, -0.25) is 0 Å². The summed E-state index contributed by atoms with van der Waals surface area (Å²) in [6.45, 7) is 9.32. The van der Waals surface area contributed by atoms with Crippen LogP contribution in [0.1, 0.15) is 32.3 Å². The molecule has 2 aromatic rings. The van der Waals surface area contributed by atoms with Crippen molar-refractivity contribution in [1.82, 2.24) is 15.6 Å². The third-order valence-corrected chi connectivity index (χ3v) is 5.06. The fraction of sp³-hybridized carbons (Fsp3) is 0.478. The molecule has 0 aliphatic carbocycles. The van der Waals surface area contributed by atoms with E-state index in [1.807, 2.05) is 13.1 Å². The molecule has 1 atom stereocenters. The van der Waals surface area contributed by atoms with Crippen molar-refractivity contribution in [2.45, 2.75) is 45.8 Å². The van der Waals surface area contributed by atoms with Crippen LogP contribution in [0.25, 0.3) is 0 Å². The number of aryl methyl sites for hydroxylation is 1. The van der Waals surface area contributed by atoms with Crippen LogP contribution < -0.4 is 20.3 Å². The third kappa shape index (κ3) is 6.61. The summed E-state index contributed by atoms with van der Waals surface area (Å²) in [4.78, 5) is 11.6. The van der Waals surface area contributed by atoms with E-state index in [1.54, 1.807) is 12.1 Å². The molecule has 2 heterocycles. The number of aliphatic imine (C=N–C) groups is 1. The summed E-state index contributed by atoms with van der Waals surface area (Å²) >= 11 is 0. The Kier molecular flexibility index (Phi) is 7.88. The summed E-state index contributed by atoms with van der Waals surface area (Å²) in [7, 11) is 0. The maximum absolute atomic E-state index is 13.0. The van der Waals surface area contributed by atoms with Crippen molar-refractivity contribution in [3.05, 3.63) is 54.0 Å². The summed E-state index contributed by atoms with van der Waals surface area (Å²) in [6, 6.07) is 10.6. The number of anilines is 1. The van der Waals surface area contributed by atoms with Crippen molar-refractivity contribution in [2.24, 2.45) is 4.99 Å². The monoisotopic (exact) mass is 413 g/mol. The number of nitrogens with zero attached hydrogens (tertiary/aromatic N) is 3. The van der Waals surface area contributed by atoms with Crippen LogP contribution in [-0.4, -0.2) is 49.3 Å². The lowest BCUT2D eigenvalue weighted by atomic mass is 10.1. The maximum atomic E-state index is 13.0. The minimum atomic E-state index is -0.268. The van der Waals surface area contributed by atoms with E-state index in [2.05, 4.69) is 51.5 Å². The molecule has 162 valence electrons. The SMILES string of the molecule is CCNC(=NCC(C)Oc1ccc(F)cc1)NC1CCN(c2ccc(C)cn2)CC1. The van der Waals surface area contributed by atoms with E-state index in [9.17, 15) is 4.39 Å². The lowest BCUT2D eigenvalue weighted by Crippen LogP contribution is -2.49. The smallest absolute Gasteiger partial charge is 0.191 e. The van der Waals surface area contributed by atoms with Gasteiger partial charge in [0.2, 0.25) is 0 Å². The Bertz CT molecular complexity index is 801. The first kappa shape index (κ1) is 21.9. The molecule has 1 aromatic carbocycles. The number of ether oxygens (including phenoxy) is 1. The molecule has 0 saturated carbocycles. The highest BCUT2D eigenvalue weighted by molar-refractivity contribution is 5.80. The van der Waals surface area contributed by atoms with Gasteiger partial charge in [-0.2, -0.15) is 0 Å². The summed E-state index contributed by atoms with van der Waals surface area (Å²) in [6.07, 6.45) is 3.87. The predicted octanol–water partition coefficient (Wildman–Crippen LogP) is 3.52. The molecule has 0 bridgehead atoms. The number of halogens is 1. The molecule has 1 aliphatic heterocycles. The summed E-state index contributed by atoms with van der Waals surface area (Å²) in [5, 5.41) is 6.86. The molecule has 0 amide bonds. The lowest BCUT2D eigenvalue weighted by molar-refractivity contribution is 0.230. The first-order chi connectivity index (χ1) is 14.5. The first-order valence-corrected chi connectivity index (χ1v) is 10.7. The number of pyridine rings is 1. The standard InChI is InChI=1S/C23H32FN5O/c1-4-25-23(27-16-18(3)30-21-8-6-19(24)7-9-21)28-20-11-13-29(14-12-20)22-10-5-17(2)15-26-22/h5-10,15,18,20H,4,11-14,16H2,1-3H3,(H2,25,27,28). The van der Waals surface area contributed by atoms with Gasteiger partial charge < -0.3 is 20.3 Å². The van der Waals surface area contributed by atoms with Crippen molar-refractivity contribution in [1.29, 1.82) is 0 Å². The van der Waals surface area contributed by atoms with Crippen molar-refractivity contribution >= 4 is 11.8 Å². The molecule has 1 fully saturated rings. The number of hydrogen-bond acceptors (Lipinski definition) is 4. The van der Waals surface area contributed by atoms with Crippen molar-refractivity contribution in [3.63, 3.8) is 0 Å². The molecule has 0 radical (unpaired) electrons. The molecule has 6 nitrogen and oxygen atoms in total. The summed E-state index contributed by atoms with van der Waals surface area (Å²) in [5.41, 5.74) is 1.18. The molecule has 1 unspecified atom stereocenters. The molecule has 7 heteroatoms. The first-order valence-electron chi connectivity index (χ1n) is 10.7. The largest absolute Gasteiger partial charge is 0.489 e. The van der Waals surface area contributed by atoms with Crippen LogP contribution in [0.2, 0.25) is 0 Å². The molecule has 30 heavy (non-hydrogen) atoms. The Morgan fingerprint density at radius 2 is 1.97 bits per heavy atom. The van der Waals surface area contributed by atoms with Gasteiger partial charge in [-0.1, -0.05) is 6.07 Å². The Morgan fingerprint density at radius 3 is 2.60 bits per heavy atom. The van der Waals surface area contributed by atoms with Crippen molar-refractivity contribution in [2.75, 3.05) is 31.1 Å². The van der Waals surface area contributed by atoms with E-state index in [-0.39, 0.29) is 11.9 Å². The number of piperidine rings is 1. The maximum Gasteiger partial charge on any atom is 0.191 e. The number of aromatic nitrogens is 1. The molecule has 1 aliphatic rings. The van der Waals surface area contributed by atoms with Crippen LogP contribution in [0, 0.1) is 12.7 Å².